The van der Waals surface area contributed by atoms with Gasteiger partial charge >= 0.3 is 6.18 Å². The second kappa shape index (κ2) is 5.70. The lowest BCUT2D eigenvalue weighted by Gasteiger charge is -2.15. The summed E-state index contributed by atoms with van der Waals surface area (Å²) < 4.78 is 40.6. The quantitative estimate of drug-likeness (QED) is 0.671. The maximum Gasteiger partial charge on any atom is 0.389 e. The van der Waals surface area contributed by atoms with Crippen LogP contribution in [0.5, 0.6) is 0 Å². The van der Waals surface area contributed by atoms with Crippen molar-refractivity contribution in [3.05, 3.63) is 0 Å². The summed E-state index contributed by atoms with van der Waals surface area (Å²) in [7, 11) is 1.86. The molecule has 15 heavy (non-hydrogen) atoms. The lowest BCUT2D eigenvalue weighted by molar-refractivity contribution is -0.138. The van der Waals surface area contributed by atoms with Crippen molar-refractivity contribution in [3.8, 4) is 0 Å². The third-order valence-electron chi connectivity index (χ3n) is 2.61. The van der Waals surface area contributed by atoms with Crippen LogP contribution in [0, 0.1) is 5.92 Å². The number of alkyl halides is 3. The summed E-state index contributed by atoms with van der Waals surface area (Å²) >= 11 is 0. The Labute approximate surface area is 88.2 Å². The Bertz CT molecular complexity index is 180. The Morgan fingerprint density at radius 3 is 2.53 bits per heavy atom. The summed E-state index contributed by atoms with van der Waals surface area (Å²) in [6, 6.07) is 0.316. The van der Waals surface area contributed by atoms with E-state index in [4.69, 9.17) is 4.74 Å². The van der Waals surface area contributed by atoms with Crippen molar-refractivity contribution in [2.24, 2.45) is 5.92 Å². The Balaban J connectivity index is 1.96. The van der Waals surface area contributed by atoms with E-state index in [2.05, 4.69) is 5.32 Å². The molecular formula is C10H18F3NO. The first-order valence-electron chi connectivity index (χ1n) is 5.34. The average molecular weight is 225 g/mol. The van der Waals surface area contributed by atoms with Crippen molar-refractivity contribution in [3.63, 3.8) is 0 Å². The van der Waals surface area contributed by atoms with Crippen LogP contribution in [0.4, 0.5) is 13.2 Å². The van der Waals surface area contributed by atoms with E-state index < -0.39 is 12.6 Å². The van der Waals surface area contributed by atoms with E-state index in [1.165, 1.54) is 12.8 Å². The van der Waals surface area contributed by atoms with Crippen LogP contribution in [-0.4, -0.2) is 32.5 Å². The van der Waals surface area contributed by atoms with Crippen molar-refractivity contribution >= 4 is 0 Å². The number of halogens is 3. The van der Waals surface area contributed by atoms with Crippen molar-refractivity contribution < 1.29 is 17.9 Å². The highest BCUT2D eigenvalue weighted by Crippen LogP contribution is 2.32. The molecule has 2 nitrogen and oxygen atoms in total. The average Bonchev–Trinajstić information content (AvgIpc) is 2.92. The third kappa shape index (κ3) is 5.99. The zero-order valence-corrected chi connectivity index (χ0v) is 8.94. The molecule has 1 saturated carbocycles. The number of ether oxygens (including phenoxy) is 1. The molecule has 1 unspecified atom stereocenters. The van der Waals surface area contributed by atoms with E-state index in [1.54, 1.807) is 0 Å². The molecule has 5 heteroatoms. The molecule has 0 radical (unpaired) electrons. The summed E-state index contributed by atoms with van der Waals surface area (Å²) in [5.41, 5.74) is 0. The molecule has 0 heterocycles. The van der Waals surface area contributed by atoms with Crippen molar-refractivity contribution in [1.82, 2.24) is 5.32 Å². The molecule has 1 aliphatic rings. The molecule has 0 aromatic carbocycles. The van der Waals surface area contributed by atoms with Gasteiger partial charge in [0.15, 0.2) is 0 Å². The van der Waals surface area contributed by atoms with Crippen LogP contribution in [-0.2, 0) is 4.74 Å². The molecule has 1 fully saturated rings. The molecular weight excluding hydrogens is 207 g/mol. The van der Waals surface area contributed by atoms with Crippen LogP contribution in [0.2, 0.25) is 0 Å². The number of hydrogen-bond acceptors (Lipinski definition) is 2. The normalized spacial score (nSPS) is 19.2. The summed E-state index contributed by atoms with van der Waals surface area (Å²) in [5, 5.41) is 3.12. The van der Waals surface area contributed by atoms with E-state index in [0.717, 1.165) is 0 Å². The fraction of sp³-hybridized carbons (Fsp3) is 1.00. The van der Waals surface area contributed by atoms with Gasteiger partial charge in [0.25, 0.3) is 0 Å². The van der Waals surface area contributed by atoms with Crippen LogP contribution in [0.1, 0.15) is 25.7 Å². The second-order valence-corrected chi connectivity index (χ2v) is 4.03. The topological polar surface area (TPSA) is 21.3 Å². The number of rotatable bonds is 7. The highest BCUT2D eigenvalue weighted by Gasteiger charge is 2.30. The summed E-state index contributed by atoms with van der Waals surface area (Å²) in [5.74, 6) is 0.664. The third-order valence-corrected chi connectivity index (χ3v) is 2.61. The van der Waals surface area contributed by atoms with Crippen LogP contribution in [0.25, 0.3) is 0 Å². The van der Waals surface area contributed by atoms with Gasteiger partial charge in [0.1, 0.15) is 0 Å². The maximum absolute atomic E-state index is 11.8. The Hall–Kier alpha value is -0.290. The molecule has 0 amide bonds. The van der Waals surface area contributed by atoms with Gasteiger partial charge in [0.05, 0.1) is 6.61 Å². The van der Waals surface area contributed by atoms with Gasteiger partial charge in [-0.05, 0) is 32.2 Å². The first kappa shape index (κ1) is 12.8. The lowest BCUT2D eigenvalue weighted by atomic mass is 10.2. The highest BCUT2D eigenvalue weighted by molar-refractivity contribution is 4.85. The van der Waals surface area contributed by atoms with Crippen LogP contribution < -0.4 is 5.32 Å². The fourth-order valence-corrected chi connectivity index (χ4v) is 1.54. The molecule has 1 atom stereocenters. The minimum Gasteiger partial charge on any atom is -0.380 e. The molecule has 1 rings (SSSR count). The summed E-state index contributed by atoms with van der Waals surface area (Å²) in [6.07, 6.45) is -2.33. The van der Waals surface area contributed by atoms with Gasteiger partial charge < -0.3 is 10.1 Å². The van der Waals surface area contributed by atoms with E-state index in [-0.39, 0.29) is 13.0 Å². The maximum atomic E-state index is 11.8. The smallest absolute Gasteiger partial charge is 0.380 e. The second-order valence-electron chi connectivity index (χ2n) is 4.03. The molecule has 1 N–H and O–H groups in total. The molecule has 0 bridgehead atoms. The molecule has 90 valence electrons. The lowest BCUT2D eigenvalue weighted by Crippen LogP contribution is -2.32. The van der Waals surface area contributed by atoms with Crippen molar-refractivity contribution in [1.29, 1.82) is 0 Å². The fourth-order valence-electron chi connectivity index (χ4n) is 1.54. The number of likely N-dealkylation sites (N-methyl/N-ethyl adjacent to an activating group) is 1. The minimum absolute atomic E-state index is 0.0601. The molecule has 0 aliphatic heterocycles. The number of nitrogens with one attached hydrogen (secondary N) is 1. The predicted molar refractivity (Wildman–Crippen MR) is 51.7 cm³/mol. The first-order chi connectivity index (χ1) is 7.03. The monoisotopic (exact) mass is 225 g/mol. The Kier molecular flexibility index (Phi) is 4.86. The van der Waals surface area contributed by atoms with E-state index in [0.29, 0.717) is 18.6 Å². The Morgan fingerprint density at radius 1 is 1.40 bits per heavy atom. The van der Waals surface area contributed by atoms with E-state index >= 15 is 0 Å². The minimum atomic E-state index is -4.05. The largest absolute Gasteiger partial charge is 0.389 e. The zero-order chi connectivity index (χ0) is 11.3. The van der Waals surface area contributed by atoms with Gasteiger partial charge in [-0.2, -0.15) is 13.2 Å². The van der Waals surface area contributed by atoms with E-state index in [9.17, 15) is 13.2 Å². The van der Waals surface area contributed by atoms with Gasteiger partial charge in [0.2, 0.25) is 0 Å². The Morgan fingerprint density at radius 2 is 2.07 bits per heavy atom. The molecule has 0 saturated heterocycles. The molecule has 0 spiro atoms. The zero-order valence-electron chi connectivity index (χ0n) is 8.94. The van der Waals surface area contributed by atoms with Crippen LogP contribution >= 0.6 is 0 Å². The van der Waals surface area contributed by atoms with Crippen molar-refractivity contribution in [2.75, 3.05) is 20.3 Å². The van der Waals surface area contributed by atoms with Gasteiger partial charge in [-0.1, -0.05) is 0 Å². The predicted octanol–water partition coefficient (Wildman–Crippen LogP) is 2.34. The van der Waals surface area contributed by atoms with Gasteiger partial charge in [-0.25, -0.2) is 0 Å². The van der Waals surface area contributed by atoms with Gasteiger partial charge in [-0.3, -0.25) is 0 Å². The number of hydrogen-bond donors (Lipinski definition) is 1. The van der Waals surface area contributed by atoms with Gasteiger partial charge in [-0.15, -0.1) is 0 Å². The summed E-state index contributed by atoms with van der Waals surface area (Å²) in [4.78, 5) is 0. The van der Waals surface area contributed by atoms with Crippen LogP contribution in [0.3, 0.4) is 0 Å². The summed E-state index contributed by atoms with van der Waals surface area (Å²) in [6.45, 7) is 0.726. The molecule has 0 aromatic rings. The van der Waals surface area contributed by atoms with Crippen molar-refractivity contribution in [2.45, 2.75) is 37.9 Å². The van der Waals surface area contributed by atoms with E-state index in [1.807, 2.05) is 7.05 Å². The molecule has 0 aromatic heterocycles. The SMILES string of the molecule is CNC(COCCCC(F)(F)F)C1CC1. The van der Waals surface area contributed by atoms with Gasteiger partial charge in [0, 0.05) is 19.1 Å². The molecule has 1 aliphatic carbocycles. The first-order valence-corrected chi connectivity index (χ1v) is 5.34. The standard InChI is InChI=1S/C10H18F3NO/c1-14-9(8-3-4-8)7-15-6-2-5-10(11,12)13/h8-9,14H,2-7H2,1H3. The van der Waals surface area contributed by atoms with Crippen LogP contribution in [0.15, 0.2) is 0 Å². The highest BCUT2D eigenvalue weighted by atomic mass is 19.4.